The van der Waals surface area contributed by atoms with Crippen molar-refractivity contribution >= 4 is 35.7 Å². The largest absolute Gasteiger partial charge is 0.480 e. The Kier molecular flexibility index (Phi) is 21.0. The number of Topliss-reactive ketones (excluding diaryl/α,β-unsaturated/α-hetero) is 1. The van der Waals surface area contributed by atoms with Gasteiger partial charge in [0.2, 0.25) is 5.91 Å². The molecule has 2 aromatic carbocycles. The molecule has 0 saturated heterocycles. The molecule has 2 rings (SSSR count). The van der Waals surface area contributed by atoms with Gasteiger partial charge in [0.25, 0.3) is 0 Å². The van der Waals surface area contributed by atoms with Crippen molar-refractivity contribution in [2.45, 2.75) is 45.0 Å². The highest BCUT2D eigenvalue weighted by atomic mass is 16.5. The van der Waals surface area contributed by atoms with Crippen molar-refractivity contribution in [2.24, 2.45) is 5.73 Å². The van der Waals surface area contributed by atoms with E-state index in [0.29, 0.717) is 32.5 Å². The molecule has 0 fully saturated rings. The van der Waals surface area contributed by atoms with Gasteiger partial charge < -0.3 is 36.0 Å². The Hall–Kier alpha value is -4.83. The number of hydrogen-bond acceptors (Lipinski definition) is 12. The van der Waals surface area contributed by atoms with Gasteiger partial charge in [-0.1, -0.05) is 61.5 Å². The van der Waals surface area contributed by atoms with Crippen LogP contribution in [0.25, 0.3) is 0 Å². The van der Waals surface area contributed by atoms with E-state index in [-0.39, 0.29) is 44.8 Å². The van der Waals surface area contributed by atoms with Crippen molar-refractivity contribution in [2.75, 3.05) is 59.5 Å². The van der Waals surface area contributed by atoms with Crippen LogP contribution in [-0.4, -0.2) is 137 Å². The second kappa shape index (κ2) is 24.3. The highest BCUT2D eigenvalue weighted by Gasteiger charge is 2.31. The van der Waals surface area contributed by atoms with E-state index in [9.17, 15) is 34.2 Å². The number of carbonyl (C=O) groups excluding carboxylic acids is 4. The molecule has 2 atom stereocenters. The Morgan fingerprint density at radius 1 is 0.840 bits per heavy atom. The number of aryl methyl sites for hydroxylation is 1. The topological polar surface area (TPSA) is 237 Å². The van der Waals surface area contributed by atoms with E-state index in [1.807, 2.05) is 42.2 Å². The summed E-state index contributed by atoms with van der Waals surface area (Å²) in [6.07, 6.45) is 1.48. The number of ketones is 1. The van der Waals surface area contributed by atoms with Gasteiger partial charge in [0.1, 0.15) is 12.6 Å². The number of ether oxygens (including phenoxy) is 1. The Labute approximate surface area is 290 Å². The van der Waals surface area contributed by atoms with Gasteiger partial charge in [0.15, 0.2) is 5.78 Å². The fraction of sp³-hybridized carbons (Fsp3) is 0.471. The van der Waals surface area contributed by atoms with Crippen molar-refractivity contribution in [3.05, 3.63) is 71.3 Å². The van der Waals surface area contributed by atoms with E-state index in [0.717, 1.165) is 21.6 Å². The van der Waals surface area contributed by atoms with Gasteiger partial charge in [-0.15, -0.1) is 0 Å². The zero-order valence-electron chi connectivity index (χ0n) is 28.4. The molecule has 50 heavy (non-hydrogen) atoms. The summed E-state index contributed by atoms with van der Waals surface area (Å²) in [6, 6.07) is 15.2. The number of carboxylic acid groups (broad SMARTS) is 3. The maximum atomic E-state index is 13.4. The van der Waals surface area contributed by atoms with E-state index in [1.165, 1.54) is 0 Å². The molecule has 16 heteroatoms. The minimum atomic E-state index is -1.28. The fourth-order valence-electron chi connectivity index (χ4n) is 4.80. The third kappa shape index (κ3) is 18.6. The average Bonchev–Trinajstić information content (AvgIpc) is 3.06. The number of nitrogens with zero attached hydrogens (tertiary/aromatic N) is 3. The molecule has 6 N–H and O–H groups in total. The summed E-state index contributed by atoms with van der Waals surface area (Å²) < 4.78 is 5.58. The Morgan fingerprint density at radius 3 is 1.94 bits per heavy atom. The molecule has 274 valence electrons. The average molecular weight is 702 g/mol. The summed E-state index contributed by atoms with van der Waals surface area (Å²) in [6.45, 7) is 1.80. The van der Waals surface area contributed by atoms with E-state index < -0.39 is 49.0 Å². The fourth-order valence-corrected chi connectivity index (χ4v) is 4.80. The maximum absolute atomic E-state index is 13.4. The van der Waals surface area contributed by atoms with E-state index in [2.05, 4.69) is 5.32 Å². The lowest BCUT2D eigenvalue weighted by atomic mass is 10.0. The first kappa shape index (κ1) is 43.2. The molecule has 0 saturated carbocycles. The molecule has 2 aromatic rings. The highest BCUT2D eigenvalue weighted by molar-refractivity contribution is 5.85. The smallest absolute Gasteiger partial charge is 0.373 e. The van der Waals surface area contributed by atoms with E-state index in [4.69, 9.17) is 25.2 Å². The van der Waals surface area contributed by atoms with Crippen LogP contribution in [0.4, 0.5) is 0 Å². The molecule has 0 bridgehead atoms. The first-order valence-corrected chi connectivity index (χ1v) is 15.8. The molecule has 16 nitrogen and oxygen atoms in total. The molecule has 1 amide bonds. The zero-order valence-corrected chi connectivity index (χ0v) is 28.4. The van der Waals surface area contributed by atoms with Gasteiger partial charge in [0, 0.05) is 26.2 Å². The summed E-state index contributed by atoms with van der Waals surface area (Å²) in [5, 5.41) is 30.6. The predicted molar refractivity (Wildman–Crippen MR) is 179 cm³/mol. The molecular weight excluding hydrogens is 654 g/mol. The van der Waals surface area contributed by atoms with E-state index in [1.54, 1.807) is 36.2 Å². The molecule has 0 aliphatic carbocycles. The predicted octanol–water partition coefficient (Wildman–Crippen LogP) is -0.0568. The number of nitrogens with one attached hydrogen (secondary N) is 1. The van der Waals surface area contributed by atoms with Crippen LogP contribution < -0.4 is 11.1 Å². The Morgan fingerprint density at radius 2 is 1.40 bits per heavy atom. The van der Waals surface area contributed by atoms with Crippen molar-refractivity contribution in [3.63, 3.8) is 0 Å². The lowest BCUT2D eigenvalue weighted by Crippen LogP contribution is -2.55. The number of amides is 1. The first-order valence-electron chi connectivity index (χ1n) is 15.8. The lowest BCUT2D eigenvalue weighted by Gasteiger charge is -2.33. The van der Waals surface area contributed by atoms with Crippen molar-refractivity contribution in [1.82, 2.24) is 20.0 Å². The standard InChI is InChI=1S/C33H47N5O9.CO2/c1-3-37(16-15-36(2)19-30(40)41)18-28(38(20-31(42)43)21-32(44)45)33(46)35-17-25-9-11-26(12-10-25)22-47-23-29(39)27(34)14-13-24-7-5-4-6-8-24;2-1-3/h4-12,27-28H,3,13-23,34H2,1-2H3,(H,35,46)(H,40,41)(H,42,43)(H,44,45);/t27-,28-;/m1./s1. The summed E-state index contributed by atoms with van der Waals surface area (Å²) in [4.78, 5) is 80.7. The molecule has 0 radical (unpaired) electrons. The number of likely N-dealkylation sites (N-methyl/N-ethyl adjacent to an activating group) is 2. The molecule has 0 spiro atoms. The van der Waals surface area contributed by atoms with Gasteiger partial charge in [-0.2, -0.15) is 9.59 Å². The maximum Gasteiger partial charge on any atom is 0.373 e. The second-order valence-corrected chi connectivity index (χ2v) is 11.4. The number of carbonyl (C=O) groups is 5. The van der Waals surface area contributed by atoms with Crippen LogP contribution in [0.5, 0.6) is 0 Å². The van der Waals surface area contributed by atoms with Crippen LogP contribution in [-0.2, 0) is 57.9 Å². The van der Waals surface area contributed by atoms with Gasteiger partial charge in [-0.05, 0) is 43.1 Å². The number of benzene rings is 2. The summed E-state index contributed by atoms with van der Waals surface area (Å²) >= 11 is 0. The number of carboxylic acids is 3. The molecule has 0 unspecified atom stereocenters. The van der Waals surface area contributed by atoms with Crippen LogP contribution in [0.15, 0.2) is 54.6 Å². The number of hydrogen-bond donors (Lipinski definition) is 5. The SMILES string of the molecule is CCN(CCN(C)CC(=O)O)C[C@H](C(=O)NCc1ccc(COCC(=O)[C@H](N)CCc2ccccc2)cc1)N(CC(=O)O)CC(=O)O.O=C=O. The third-order valence-electron chi connectivity index (χ3n) is 7.50. The summed E-state index contributed by atoms with van der Waals surface area (Å²) in [5.41, 5.74) is 8.70. The minimum absolute atomic E-state index is 0.0364. The number of rotatable bonds is 24. The monoisotopic (exact) mass is 701 g/mol. The summed E-state index contributed by atoms with van der Waals surface area (Å²) in [5.74, 6) is -4.25. The Bertz CT molecular complexity index is 1370. The van der Waals surface area contributed by atoms with Crippen LogP contribution in [0.3, 0.4) is 0 Å². The van der Waals surface area contributed by atoms with Crippen LogP contribution in [0.2, 0.25) is 0 Å². The molecular formula is C34H47N5O11. The highest BCUT2D eigenvalue weighted by Crippen LogP contribution is 2.10. The summed E-state index contributed by atoms with van der Waals surface area (Å²) in [7, 11) is 1.65. The number of nitrogens with two attached hydrogens (primary N) is 1. The van der Waals surface area contributed by atoms with E-state index >= 15 is 0 Å². The van der Waals surface area contributed by atoms with Crippen LogP contribution in [0.1, 0.15) is 30.0 Å². The van der Waals surface area contributed by atoms with Crippen molar-refractivity contribution < 1.29 is 53.6 Å². The normalized spacial score (nSPS) is 12.0. The number of aliphatic carboxylic acids is 3. The van der Waals surface area contributed by atoms with Crippen LogP contribution in [0, 0.1) is 0 Å². The second-order valence-electron chi connectivity index (χ2n) is 11.4. The van der Waals surface area contributed by atoms with Crippen molar-refractivity contribution in [3.8, 4) is 0 Å². The molecule has 0 heterocycles. The van der Waals surface area contributed by atoms with Crippen molar-refractivity contribution in [1.29, 1.82) is 0 Å². The molecule has 0 aliphatic rings. The molecule has 0 aromatic heterocycles. The molecule has 0 aliphatic heterocycles. The van der Waals surface area contributed by atoms with Gasteiger partial charge >= 0.3 is 24.1 Å². The van der Waals surface area contributed by atoms with Gasteiger partial charge in [0.05, 0.1) is 32.3 Å². The lowest BCUT2D eigenvalue weighted by molar-refractivity contribution is -0.192. The third-order valence-corrected chi connectivity index (χ3v) is 7.50. The van der Waals surface area contributed by atoms with Gasteiger partial charge in [-0.3, -0.25) is 33.8 Å². The van der Waals surface area contributed by atoms with Gasteiger partial charge in [-0.25, -0.2) is 0 Å². The van der Waals surface area contributed by atoms with Crippen LogP contribution >= 0.6 is 0 Å². The Balaban J connectivity index is 0.00000401. The first-order chi connectivity index (χ1) is 23.8. The quantitative estimate of drug-likeness (QED) is 0.0964. The minimum Gasteiger partial charge on any atom is -0.480 e. The zero-order chi connectivity index (χ0) is 37.5.